The largest absolute Gasteiger partial charge is 0.444 e. The topological polar surface area (TPSA) is 102 Å². The van der Waals surface area contributed by atoms with Gasteiger partial charge in [-0.05, 0) is 69.4 Å². The van der Waals surface area contributed by atoms with Gasteiger partial charge in [-0.25, -0.2) is 4.79 Å². The van der Waals surface area contributed by atoms with E-state index in [1.165, 1.54) is 13.8 Å². The fourth-order valence-corrected chi connectivity index (χ4v) is 3.73. The van der Waals surface area contributed by atoms with Crippen molar-refractivity contribution in [3.8, 4) is 0 Å². The molecule has 0 aliphatic heterocycles. The lowest BCUT2D eigenvalue weighted by Crippen LogP contribution is -2.53. The van der Waals surface area contributed by atoms with Gasteiger partial charge in [0.1, 0.15) is 11.4 Å². The molecule has 0 fully saturated rings. The molecule has 0 spiro atoms. The van der Waals surface area contributed by atoms with E-state index in [9.17, 15) is 14.7 Å². The van der Waals surface area contributed by atoms with E-state index < -0.39 is 29.9 Å². The number of ketones is 1. The maximum atomic E-state index is 12.4. The lowest BCUT2D eigenvalue weighted by molar-refractivity contribution is -0.115. The number of benzene rings is 3. The van der Waals surface area contributed by atoms with Crippen molar-refractivity contribution in [2.24, 2.45) is 5.73 Å². The van der Waals surface area contributed by atoms with Gasteiger partial charge in [0.15, 0.2) is 0 Å². The Morgan fingerprint density at radius 2 is 1.49 bits per heavy atom. The number of alkyl carbamates (subject to hydrolysis) is 1. The summed E-state index contributed by atoms with van der Waals surface area (Å²) in [6, 6.07) is 22.8. The molecule has 0 aliphatic carbocycles. The smallest absolute Gasteiger partial charge is 0.407 e. The normalized spacial score (nSPS) is 13.7. The third-order valence-electron chi connectivity index (χ3n) is 5.19. The second-order valence-electron chi connectivity index (χ2n) is 9.85. The molecule has 188 valence electrons. The summed E-state index contributed by atoms with van der Waals surface area (Å²) in [5.74, 6) is 0.167. The number of carbonyl (C=O) groups is 2. The van der Waals surface area contributed by atoms with Crippen LogP contribution >= 0.6 is 0 Å². The van der Waals surface area contributed by atoms with Crippen LogP contribution < -0.4 is 11.1 Å². The van der Waals surface area contributed by atoms with Gasteiger partial charge in [-0.15, -0.1) is 0 Å². The van der Waals surface area contributed by atoms with Crippen LogP contribution in [-0.2, 0) is 22.4 Å². The number of aliphatic hydroxyl groups excluding tert-OH is 1. The van der Waals surface area contributed by atoms with Gasteiger partial charge in [-0.2, -0.15) is 0 Å². The molecule has 6 heteroatoms. The number of hydrogen-bond acceptors (Lipinski definition) is 5. The quantitative estimate of drug-likeness (QED) is 0.453. The Kier molecular flexibility index (Phi) is 10.4. The van der Waals surface area contributed by atoms with E-state index in [0.29, 0.717) is 12.8 Å². The lowest BCUT2D eigenvalue weighted by atomic mass is 9.91. The van der Waals surface area contributed by atoms with Crippen molar-refractivity contribution >= 4 is 22.6 Å². The predicted octanol–water partition coefficient (Wildman–Crippen LogP) is 4.80. The Morgan fingerprint density at radius 1 is 0.914 bits per heavy atom. The molecule has 3 aromatic rings. The predicted molar refractivity (Wildman–Crippen MR) is 141 cm³/mol. The van der Waals surface area contributed by atoms with E-state index in [1.54, 1.807) is 0 Å². The van der Waals surface area contributed by atoms with Crippen molar-refractivity contribution in [3.05, 3.63) is 83.9 Å². The minimum absolute atomic E-state index is 0.167. The molecule has 0 aliphatic rings. The maximum absolute atomic E-state index is 12.4. The molecule has 1 amide bonds. The summed E-state index contributed by atoms with van der Waals surface area (Å²) >= 11 is 0. The molecule has 0 heterocycles. The fraction of sp³-hybridized carbons (Fsp3) is 0.379. The zero-order valence-corrected chi connectivity index (χ0v) is 21.3. The summed E-state index contributed by atoms with van der Waals surface area (Å²) in [7, 11) is 0. The highest BCUT2D eigenvalue weighted by molar-refractivity contribution is 5.85. The Labute approximate surface area is 208 Å². The van der Waals surface area contributed by atoms with Gasteiger partial charge in [-0.1, -0.05) is 72.8 Å². The summed E-state index contributed by atoms with van der Waals surface area (Å²) < 4.78 is 5.41. The fourth-order valence-electron chi connectivity index (χ4n) is 3.73. The SMILES string of the molecule is CC(C)(C)OC(=O)N[C@H](Cc1ccccc1)[C@@H](O)[C@H](N)Cc1cccc2ccccc12.CC(C)=O. The zero-order chi connectivity index (χ0) is 26.0. The van der Waals surface area contributed by atoms with Crippen molar-refractivity contribution in [1.29, 1.82) is 0 Å². The first-order chi connectivity index (χ1) is 16.5. The Bertz CT molecular complexity index is 1080. The van der Waals surface area contributed by atoms with Crippen molar-refractivity contribution in [3.63, 3.8) is 0 Å². The first-order valence-electron chi connectivity index (χ1n) is 11.9. The number of hydrogen-bond donors (Lipinski definition) is 3. The van der Waals surface area contributed by atoms with Crippen molar-refractivity contribution in [2.75, 3.05) is 0 Å². The standard InChI is InChI=1S/C26H32N2O3.C3H6O/c1-26(2,3)31-25(30)28-23(16-18-10-5-4-6-11-18)24(29)22(27)17-20-14-9-13-19-12-7-8-15-21(19)20;1-3(2)4/h4-15,22-24,29H,16-17,27H2,1-3H3,(H,28,30);1-2H3/t22-,23-,24+;/m1./s1. The second kappa shape index (κ2) is 13.0. The number of aliphatic hydroxyl groups is 1. The average molecular weight is 479 g/mol. The number of ether oxygens (including phenoxy) is 1. The van der Waals surface area contributed by atoms with Crippen molar-refractivity contribution in [2.45, 2.75) is 71.2 Å². The molecule has 35 heavy (non-hydrogen) atoms. The summed E-state index contributed by atoms with van der Waals surface area (Å²) in [6.07, 6.45) is -0.578. The molecule has 3 atom stereocenters. The minimum atomic E-state index is -0.952. The van der Waals surface area contributed by atoms with E-state index in [2.05, 4.69) is 23.5 Å². The zero-order valence-electron chi connectivity index (χ0n) is 21.3. The van der Waals surface area contributed by atoms with E-state index >= 15 is 0 Å². The van der Waals surface area contributed by atoms with Gasteiger partial charge in [0.2, 0.25) is 0 Å². The number of nitrogens with two attached hydrogens (primary N) is 1. The molecule has 3 rings (SSSR count). The molecule has 0 bridgehead atoms. The number of fused-ring (bicyclic) bond motifs is 1. The van der Waals surface area contributed by atoms with Gasteiger partial charge < -0.3 is 25.7 Å². The van der Waals surface area contributed by atoms with Crippen LogP contribution in [0.2, 0.25) is 0 Å². The van der Waals surface area contributed by atoms with Crippen LogP contribution in [0.25, 0.3) is 10.8 Å². The van der Waals surface area contributed by atoms with E-state index in [-0.39, 0.29) is 5.78 Å². The lowest BCUT2D eigenvalue weighted by Gasteiger charge is -2.30. The third kappa shape index (κ3) is 9.89. The van der Waals surface area contributed by atoms with E-state index in [1.807, 2.05) is 75.4 Å². The summed E-state index contributed by atoms with van der Waals surface area (Å²) in [4.78, 5) is 21.9. The molecule has 0 radical (unpaired) electrons. The van der Waals surface area contributed by atoms with Crippen LogP contribution in [0.5, 0.6) is 0 Å². The van der Waals surface area contributed by atoms with Gasteiger partial charge in [-0.3, -0.25) is 0 Å². The Balaban J connectivity index is 0.00000100. The molecule has 0 saturated heterocycles. The Hall–Kier alpha value is -3.22. The monoisotopic (exact) mass is 478 g/mol. The highest BCUT2D eigenvalue weighted by Gasteiger charge is 2.29. The molecule has 4 N–H and O–H groups in total. The first kappa shape index (κ1) is 28.0. The summed E-state index contributed by atoms with van der Waals surface area (Å²) in [6.45, 7) is 8.48. The molecule has 0 saturated carbocycles. The molecule has 0 aromatic heterocycles. The highest BCUT2D eigenvalue weighted by atomic mass is 16.6. The molecular weight excluding hydrogens is 440 g/mol. The maximum Gasteiger partial charge on any atom is 0.407 e. The number of rotatable bonds is 7. The van der Waals surface area contributed by atoms with Crippen LogP contribution in [0.15, 0.2) is 72.8 Å². The van der Waals surface area contributed by atoms with Gasteiger partial charge >= 0.3 is 6.09 Å². The third-order valence-corrected chi connectivity index (χ3v) is 5.19. The minimum Gasteiger partial charge on any atom is -0.444 e. The van der Waals surface area contributed by atoms with Gasteiger partial charge in [0.05, 0.1) is 12.1 Å². The molecular formula is C29H38N2O4. The van der Waals surface area contributed by atoms with E-state index in [0.717, 1.165) is 21.9 Å². The summed E-state index contributed by atoms with van der Waals surface area (Å²) in [5, 5.41) is 16.2. The van der Waals surface area contributed by atoms with Crippen LogP contribution in [0.4, 0.5) is 4.79 Å². The molecule has 3 aromatic carbocycles. The molecule has 6 nitrogen and oxygen atoms in total. The number of Topliss-reactive ketones (excluding diaryl/α,β-unsaturated/α-hetero) is 1. The van der Waals surface area contributed by atoms with Crippen LogP contribution in [0, 0.1) is 0 Å². The number of carbonyl (C=O) groups excluding carboxylic acids is 2. The highest BCUT2D eigenvalue weighted by Crippen LogP contribution is 2.21. The Morgan fingerprint density at radius 3 is 2.11 bits per heavy atom. The van der Waals surface area contributed by atoms with Crippen LogP contribution in [0.1, 0.15) is 45.7 Å². The van der Waals surface area contributed by atoms with Crippen molar-refractivity contribution < 1.29 is 19.4 Å². The van der Waals surface area contributed by atoms with Crippen molar-refractivity contribution in [1.82, 2.24) is 5.32 Å². The summed E-state index contributed by atoms with van der Waals surface area (Å²) in [5.41, 5.74) is 7.90. The van der Waals surface area contributed by atoms with Crippen LogP contribution in [-0.4, -0.2) is 40.8 Å². The second-order valence-corrected chi connectivity index (χ2v) is 9.85. The van der Waals surface area contributed by atoms with E-state index in [4.69, 9.17) is 10.5 Å². The van der Waals surface area contributed by atoms with Gasteiger partial charge in [0.25, 0.3) is 0 Å². The molecule has 0 unspecified atom stereocenters. The number of nitrogens with one attached hydrogen (secondary N) is 1. The van der Waals surface area contributed by atoms with Crippen LogP contribution in [0.3, 0.4) is 0 Å². The van der Waals surface area contributed by atoms with Gasteiger partial charge in [0, 0.05) is 6.04 Å². The average Bonchev–Trinajstić information content (AvgIpc) is 2.77. The first-order valence-corrected chi connectivity index (χ1v) is 11.9. The number of amides is 1.